The molecule has 0 fully saturated rings. The minimum atomic E-state index is -0.257. The van der Waals surface area contributed by atoms with E-state index in [0.717, 1.165) is 57.5 Å². The second-order valence-corrected chi connectivity index (χ2v) is 8.01. The lowest BCUT2D eigenvalue weighted by atomic mass is 9.96. The molecule has 0 radical (unpaired) electrons. The monoisotopic (exact) mass is 409 g/mol. The molecule has 1 aromatic heterocycles. The first kappa shape index (κ1) is 19.5. The van der Waals surface area contributed by atoms with Crippen LogP contribution in [0, 0.1) is 0 Å². The topological polar surface area (TPSA) is 22.0 Å². The van der Waals surface area contributed by atoms with Crippen LogP contribution in [0.1, 0.15) is 35.2 Å². The third-order valence-corrected chi connectivity index (χ3v) is 6.08. The fourth-order valence-electron chi connectivity index (χ4n) is 4.56. The molecule has 0 aliphatic carbocycles. The van der Waals surface area contributed by atoms with Crippen LogP contribution in [0.3, 0.4) is 0 Å². The maximum absolute atomic E-state index is 13.4. The molecule has 0 saturated heterocycles. The van der Waals surface area contributed by atoms with Crippen LogP contribution in [0.4, 0.5) is 4.39 Å². The van der Waals surface area contributed by atoms with Gasteiger partial charge in [0.2, 0.25) is 0 Å². The first-order valence-corrected chi connectivity index (χ1v) is 10.9. The van der Waals surface area contributed by atoms with Gasteiger partial charge in [-0.2, -0.15) is 0 Å². The number of rotatable bonds is 7. The molecule has 5 aromatic rings. The van der Waals surface area contributed by atoms with Crippen LogP contribution in [-0.4, -0.2) is 17.0 Å². The lowest BCUT2D eigenvalue weighted by Gasteiger charge is -2.08. The number of hydrogen-bond donors (Lipinski definition) is 0. The van der Waals surface area contributed by atoms with E-state index in [4.69, 9.17) is 0 Å². The third-order valence-electron chi connectivity index (χ3n) is 6.08. The molecule has 0 amide bonds. The molecular formula is C28H24FNO. The first-order valence-electron chi connectivity index (χ1n) is 10.9. The van der Waals surface area contributed by atoms with E-state index in [-0.39, 0.29) is 12.5 Å². The van der Waals surface area contributed by atoms with Crippen LogP contribution in [0.2, 0.25) is 0 Å². The first-order chi connectivity index (χ1) is 15.3. The fraction of sp³-hybridized carbons (Fsp3) is 0.179. The smallest absolute Gasteiger partial charge is 0.193 e. The molecule has 0 atom stereocenters. The molecule has 5 rings (SSSR count). The lowest BCUT2D eigenvalue weighted by molar-refractivity contribution is 0.104. The van der Waals surface area contributed by atoms with Gasteiger partial charge in [0, 0.05) is 39.5 Å². The standard InChI is InChI=1S/C28H24FNO/c29-17-6-1-7-18-30-26-14-5-4-12-23(26)25-19-21(15-16-27(25)30)28(31)24-13-8-10-20-9-2-3-11-22(20)24/h2-5,8-16,19H,1,6-7,17-18H2. The van der Waals surface area contributed by atoms with Crippen LogP contribution in [-0.2, 0) is 6.54 Å². The summed E-state index contributed by atoms with van der Waals surface area (Å²) in [5.41, 5.74) is 3.71. The predicted octanol–water partition coefficient (Wildman–Crippen LogP) is 7.32. The van der Waals surface area contributed by atoms with Crippen molar-refractivity contribution in [3.8, 4) is 0 Å². The van der Waals surface area contributed by atoms with E-state index in [9.17, 15) is 9.18 Å². The van der Waals surface area contributed by atoms with E-state index in [1.807, 2.05) is 66.7 Å². The molecular weight excluding hydrogens is 385 g/mol. The van der Waals surface area contributed by atoms with E-state index < -0.39 is 0 Å². The number of fused-ring (bicyclic) bond motifs is 4. The molecule has 0 N–H and O–H groups in total. The highest BCUT2D eigenvalue weighted by Crippen LogP contribution is 2.31. The van der Waals surface area contributed by atoms with Gasteiger partial charge in [0.05, 0.1) is 6.67 Å². The van der Waals surface area contributed by atoms with E-state index >= 15 is 0 Å². The van der Waals surface area contributed by atoms with E-state index in [1.165, 1.54) is 0 Å². The molecule has 0 saturated carbocycles. The largest absolute Gasteiger partial charge is 0.340 e. The summed E-state index contributed by atoms with van der Waals surface area (Å²) < 4.78 is 14.8. The molecule has 2 nitrogen and oxygen atoms in total. The Labute approximate surface area is 180 Å². The van der Waals surface area contributed by atoms with Gasteiger partial charge in [-0.15, -0.1) is 0 Å². The molecule has 0 unspecified atom stereocenters. The second-order valence-electron chi connectivity index (χ2n) is 8.01. The highest BCUT2D eigenvalue weighted by molar-refractivity contribution is 6.19. The van der Waals surface area contributed by atoms with Crippen molar-refractivity contribution in [2.75, 3.05) is 6.67 Å². The zero-order valence-electron chi connectivity index (χ0n) is 17.4. The van der Waals surface area contributed by atoms with Crippen LogP contribution < -0.4 is 0 Å². The number of aromatic nitrogens is 1. The van der Waals surface area contributed by atoms with Crippen molar-refractivity contribution in [2.24, 2.45) is 0 Å². The summed E-state index contributed by atoms with van der Waals surface area (Å²) in [7, 11) is 0. The number of unbranched alkanes of at least 4 members (excludes halogenated alkanes) is 2. The number of halogens is 1. The molecule has 3 heteroatoms. The molecule has 31 heavy (non-hydrogen) atoms. The van der Waals surface area contributed by atoms with Crippen molar-refractivity contribution in [2.45, 2.75) is 25.8 Å². The number of benzene rings is 4. The number of ketones is 1. The summed E-state index contributed by atoms with van der Waals surface area (Å²) in [6, 6.07) is 28.2. The fourth-order valence-corrected chi connectivity index (χ4v) is 4.56. The van der Waals surface area contributed by atoms with Gasteiger partial charge in [-0.1, -0.05) is 60.7 Å². The highest BCUT2D eigenvalue weighted by Gasteiger charge is 2.16. The number of carbonyl (C=O) groups is 1. The van der Waals surface area contributed by atoms with Crippen LogP contribution in [0.15, 0.2) is 84.9 Å². The quantitative estimate of drug-likeness (QED) is 0.204. The van der Waals surface area contributed by atoms with Gasteiger partial charge in [-0.05, 0) is 54.3 Å². The summed E-state index contributed by atoms with van der Waals surface area (Å²) in [6.07, 6.45) is 2.43. The molecule has 0 bridgehead atoms. The van der Waals surface area contributed by atoms with Gasteiger partial charge in [-0.3, -0.25) is 9.18 Å². The van der Waals surface area contributed by atoms with Crippen LogP contribution in [0.25, 0.3) is 32.6 Å². The Morgan fingerprint density at radius 1 is 0.710 bits per heavy atom. The van der Waals surface area contributed by atoms with Gasteiger partial charge in [0.15, 0.2) is 5.78 Å². The Morgan fingerprint density at radius 3 is 2.32 bits per heavy atom. The molecule has 0 aliphatic heterocycles. The minimum absolute atomic E-state index is 0.0403. The number of hydrogen-bond acceptors (Lipinski definition) is 1. The number of carbonyl (C=O) groups excluding carboxylic acids is 1. The average Bonchev–Trinajstić information content (AvgIpc) is 3.14. The number of aryl methyl sites for hydroxylation is 1. The number of para-hydroxylation sites is 1. The second kappa shape index (κ2) is 8.35. The van der Waals surface area contributed by atoms with E-state index in [0.29, 0.717) is 12.0 Å². The zero-order chi connectivity index (χ0) is 21.2. The normalized spacial score (nSPS) is 11.5. The van der Waals surface area contributed by atoms with Crippen molar-refractivity contribution in [3.63, 3.8) is 0 Å². The Morgan fingerprint density at radius 2 is 1.45 bits per heavy atom. The van der Waals surface area contributed by atoms with Gasteiger partial charge >= 0.3 is 0 Å². The molecule has 0 spiro atoms. The van der Waals surface area contributed by atoms with Crippen LogP contribution >= 0.6 is 0 Å². The summed E-state index contributed by atoms with van der Waals surface area (Å²) in [5.74, 6) is 0.0403. The summed E-state index contributed by atoms with van der Waals surface area (Å²) >= 11 is 0. The average molecular weight is 410 g/mol. The summed E-state index contributed by atoms with van der Waals surface area (Å²) in [4.78, 5) is 13.4. The summed E-state index contributed by atoms with van der Waals surface area (Å²) in [6.45, 7) is 0.591. The Bertz CT molecular complexity index is 1390. The van der Waals surface area contributed by atoms with Crippen molar-refractivity contribution < 1.29 is 9.18 Å². The number of nitrogens with zero attached hydrogens (tertiary/aromatic N) is 1. The molecule has 154 valence electrons. The van der Waals surface area contributed by atoms with Gasteiger partial charge in [0.1, 0.15) is 0 Å². The minimum Gasteiger partial charge on any atom is -0.340 e. The highest BCUT2D eigenvalue weighted by atomic mass is 19.1. The lowest BCUT2D eigenvalue weighted by Crippen LogP contribution is -2.02. The Hall–Kier alpha value is -3.46. The Balaban J connectivity index is 1.60. The van der Waals surface area contributed by atoms with Crippen LogP contribution in [0.5, 0.6) is 0 Å². The molecule has 4 aromatic carbocycles. The van der Waals surface area contributed by atoms with Crippen molar-refractivity contribution in [1.29, 1.82) is 0 Å². The summed E-state index contributed by atoms with van der Waals surface area (Å²) in [5, 5.41) is 4.28. The van der Waals surface area contributed by atoms with Crippen molar-refractivity contribution in [1.82, 2.24) is 4.57 Å². The van der Waals surface area contributed by atoms with Gasteiger partial charge < -0.3 is 4.57 Å². The third kappa shape index (κ3) is 3.50. The van der Waals surface area contributed by atoms with Crippen molar-refractivity contribution >= 4 is 38.4 Å². The Kier molecular flexibility index (Phi) is 5.25. The predicted molar refractivity (Wildman–Crippen MR) is 127 cm³/mol. The molecule has 1 heterocycles. The SMILES string of the molecule is O=C(c1ccc2c(c1)c1ccccc1n2CCCCCF)c1cccc2ccccc12. The van der Waals surface area contributed by atoms with E-state index in [1.54, 1.807) is 0 Å². The van der Waals surface area contributed by atoms with Gasteiger partial charge in [0.25, 0.3) is 0 Å². The maximum atomic E-state index is 13.4. The van der Waals surface area contributed by atoms with E-state index in [2.05, 4.69) is 22.8 Å². The van der Waals surface area contributed by atoms with Crippen molar-refractivity contribution in [3.05, 3.63) is 96.1 Å². The maximum Gasteiger partial charge on any atom is 0.193 e. The van der Waals surface area contributed by atoms with Gasteiger partial charge in [-0.25, -0.2) is 0 Å². The zero-order valence-corrected chi connectivity index (χ0v) is 17.4. The number of alkyl halides is 1. The molecule has 0 aliphatic rings.